The first-order valence-electron chi connectivity index (χ1n) is 7.70. The summed E-state index contributed by atoms with van der Waals surface area (Å²) >= 11 is 0. The average molecular weight is 400 g/mol. The first-order valence-corrected chi connectivity index (χ1v) is 7.70. The summed E-state index contributed by atoms with van der Waals surface area (Å²) in [6, 6.07) is 2.30. The Morgan fingerprint density at radius 2 is 1.46 bits per heavy atom. The molecule has 0 bridgehead atoms. The van der Waals surface area contributed by atoms with Gasteiger partial charge in [0.2, 0.25) is 5.91 Å². The lowest BCUT2D eigenvalue weighted by molar-refractivity contribution is -0.127. The maximum atomic E-state index is 11.4. The molecule has 1 aromatic heterocycles. The minimum Gasteiger partial charge on any atom is -0.417 e. The van der Waals surface area contributed by atoms with Crippen LogP contribution in [0.25, 0.3) is 0 Å². The molecule has 0 aliphatic heterocycles. The van der Waals surface area contributed by atoms with Gasteiger partial charge in [-0.3, -0.25) is 19.2 Å². The maximum absolute atomic E-state index is 11.4. The van der Waals surface area contributed by atoms with Crippen LogP contribution in [0.3, 0.4) is 0 Å². The zero-order chi connectivity index (χ0) is 20.1. The Hall–Kier alpha value is -2.85. The number of carbonyl (C=O) groups excluding carboxylic acids is 4. The number of rotatable bonds is 8. The lowest BCUT2D eigenvalue weighted by Gasteiger charge is -2.03. The van der Waals surface area contributed by atoms with Gasteiger partial charge >= 0.3 is 5.63 Å². The van der Waals surface area contributed by atoms with Gasteiger partial charge in [-0.15, -0.1) is 0 Å². The molecule has 0 saturated carbocycles. The third-order valence-corrected chi connectivity index (χ3v) is 2.70. The summed E-state index contributed by atoms with van der Waals surface area (Å²) in [5.41, 5.74) is -0.562. The number of ketones is 2. The van der Waals surface area contributed by atoms with Crippen molar-refractivity contribution in [2.75, 3.05) is 27.4 Å². The monoisotopic (exact) mass is 400 g/mol. The van der Waals surface area contributed by atoms with Crippen molar-refractivity contribution in [2.45, 2.75) is 35.1 Å². The van der Waals surface area contributed by atoms with Gasteiger partial charge < -0.3 is 25.7 Å². The van der Waals surface area contributed by atoms with Crippen molar-refractivity contribution in [2.24, 2.45) is 0 Å². The molecule has 1 aromatic rings. The van der Waals surface area contributed by atoms with E-state index in [1.165, 1.54) is 19.9 Å². The fourth-order valence-electron chi connectivity index (χ4n) is 1.52. The van der Waals surface area contributed by atoms with E-state index in [0.717, 1.165) is 6.07 Å². The molecular weight excluding hydrogens is 368 g/mol. The van der Waals surface area contributed by atoms with E-state index in [1.807, 2.05) is 0 Å². The summed E-state index contributed by atoms with van der Waals surface area (Å²) in [6.45, 7) is 3.35. The van der Waals surface area contributed by atoms with E-state index in [9.17, 15) is 24.0 Å². The van der Waals surface area contributed by atoms with E-state index in [-0.39, 0.29) is 56.7 Å². The molecule has 0 radical (unpaired) electrons. The molecule has 0 aliphatic rings. The Labute approximate surface area is 165 Å². The summed E-state index contributed by atoms with van der Waals surface area (Å²) in [7, 11) is 3.37. The minimum atomic E-state index is -0.720. The molecule has 1 heterocycles. The molecule has 2 amide bonds. The Kier molecular flexibility index (Phi) is 17.4. The van der Waals surface area contributed by atoms with Gasteiger partial charge in [0.05, 0.1) is 19.8 Å². The average Bonchev–Trinajstić information content (AvgIpc) is 2.57. The normalized spacial score (nSPS) is 8.86. The highest BCUT2D eigenvalue weighted by molar-refractivity contribution is 5.98. The summed E-state index contributed by atoms with van der Waals surface area (Å²) in [5.74, 6) is -1.37. The number of carbonyl (C=O) groups is 4. The fraction of sp³-hybridized carbons (Fsp3) is 0.500. The molecular formula is C18H32N4O6. The molecule has 0 aliphatic carbocycles. The third-order valence-electron chi connectivity index (χ3n) is 2.70. The fourth-order valence-corrected chi connectivity index (χ4v) is 1.52. The lowest BCUT2D eigenvalue weighted by Crippen LogP contribution is -2.32. The predicted octanol–water partition coefficient (Wildman–Crippen LogP) is 0.280. The van der Waals surface area contributed by atoms with Crippen LogP contribution in [0, 0.1) is 0 Å². The van der Waals surface area contributed by atoms with Crippen molar-refractivity contribution in [1.29, 1.82) is 0 Å². The van der Waals surface area contributed by atoms with Crippen LogP contribution in [0.1, 0.15) is 56.0 Å². The van der Waals surface area contributed by atoms with E-state index in [0.29, 0.717) is 6.67 Å². The van der Waals surface area contributed by atoms with Gasteiger partial charge in [0.15, 0.2) is 11.5 Å². The molecule has 1 rings (SSSR count). The highest BCUT2D eigenvalue weighted by Crippen LogP contribution is 2.02. The number of hydrogen-bond acceptors (Lipinski definition) is 8. The van der Waals surface area contributed by atoms with Crippen LogP contribution in [-0.2, 0) is 9.59 Å². The second-order valence-electron chi connectivity index (χ2n) is 5.13. The van der Waals surface area contributed by atoms with Crippen molar-refractivity contribution in [3.8, 4) is 0 Å². The molecule has 10 nitrogen and oxygen atoms in total. The molecule has 0 atom stereocenters. The summed E-state index contributed by atoms with van der Waals surface area (Å²) < 4.78 is 4.68. The molecule has 4 N–H and O–H groups in total. The lowest BCUT2D eigenvalue weighted by atomic mass is 10.2. The smallest absolute Gasteiger partial charge is 0.337 e. The first kappa shape index (κ1) is 29.9. The van der Waals surface area contributed by atoms with Crippen LogP contribution >= 0.6 is 0 Å². The van der Waals surface area contributed by atoms with Crippen LogP contribution in [-0.4, -0.2) is 50.8 Å². The Morgan fingerprint density at radius 3 is 1.93 bits per heavy atom. The number of amides is 2. The van der Waals surface area contributed by atoms with Crippen molar-refractivity contribution in [3.05, 3.63) is 33.9 Å². The first-order chi connectivity index (χ1) is 12.2. The Balaban J connectivity index is -0.000000458. The van der Waals surface area contributed by atoms with E-state index >= 15 is 0 Å². The second kappa shape index (κ2) is 16.3. The van der Waals surface area contributed by atoms with Gasteiger partial charge in [-0.2, -0.15) is 0 Å². The standard InChI is InChI=1S/C10H12N2O4.C6H12N2O2.2CH4/c1-6(13)7-3-8(16-9(14)4-7)10(15)12-5-11-2;1-5(9)3-6(10)8-4-7-2;;/h3-4,11H,5H2,1-2H3,(H,12,15);7H,3-4H2,1-2H3,(H,8,10);2*1H4. The molecule has 0 spiro atoms. The highest BCUT2D eigenvalue weighted by atomic mass is 16.4. The molecule has 28 heavy (non-hydrogen) atoms. The van der Waals surface area contributed by atoms with E-state index in [4.69, 9.17) is 0 Å². The number of hydrogen-bond donors (Lipinski definition) is 4. The van der Waals surface area contributed by atoms with Crippen molar-refractivity contribution in [3.63, 3.8) is 0 Å². The summed E-state index contributed by atoms with van der Waals surface area (Å²) in [6.07, 6.45) is -0.0261. The van der Waals surface area contributed by atoms with E-state index in [1.54, 1.807) is 14.1 Å². The van der Waals surface area contributed by atoms with Crippen molar-refractivity contribution >= 4 is 23.4 Å². The zero-order valence-electron chi connectivity index (χ0n) is 15.2. The van der Waals surface area contributed by atoms with E-state index in [2.05, 4.69) is 25.7 Å². The summed E-state index contributed by atoms with van der Waals surface area (Å²) in [5, 5.41) is 10.4. The van der Waals surface area contributed by atoms with Crippen LogP contribution in [0.2, 0.25) is 0 Å². The van der Waals surface area contributed by atoms with Crippen LogP contribution in [0.5, 0.6) is 0 Å². The molecule has 160 valence electrons. The molecule has 0 saturated heterocycles. The van der Waals surface area contributed by atoms with Gasteiger partial charge in [0.25, 0.3) is 5.91 Å². The molecule has 0 unspecified atom stereocenters. The van der Waals surface area contributed by atoms with Gasteiger partial charge in [0.1, 0.15) is 5.78 Å². The Bertz CT molecular complexity index is 700. The van der Waals surface area contributed by atoms with Crippen molar-refractivity contribution in [1.82, 2.24) is 21.3 Å². The van der Waals surface area contributed by atoms with E-state index < -0.39 is 11.5 Å². The number of Topliss-reactive ketones (excluding diaryl/α,β-unsaturated/α-hetero) is 2. The maximum Gasteiger partial charge on any atom is 0.337 e. The molecule has 10 heteroatoms. The zero-order valence-corrected chi connectivity index (χ0v) is 15.2. The SMILES string of the molecule is C.C.CNCNC(=O)CC(C)=O.CNCNC(=O)c1cc(C(C)=O)cc(=O)o1. The third kappa shape index (κ3) is 13.4. The van der Waals surface area contributed by atoms with Crippen molar-refractivity contribution < 1.29 is 23.6 Å². The van der Waals surface area contributed by atoms with Gasteiger partial charge in [-0.1, -0.05) is 14.9 Å². The van der Waals surface area contributed by atoms with Crippen LogP contribution in [0.4, 0.5) is 0 Å². The Morgan fingerprint density at radius 1 is 0.929 bits per heavy atom. The minimum absolute atomic E-state index is 0. The quantitative estimate of drug-likeness (QED) is 0.276. The highest BCUT2D eigenvalue weighted by Gasteiger charge is 2.12. The van der Waals surface area contributed by atoms with Crippen LogP contribution in [0.15, 0.2) is 21.3 Å². The molecule has 0 fully saturated rings. The van der Waals surface area contributed by atoms with Gasteiger partial charge in [-0.25, -0.2) is 4.79 Å². The van der Waals surface area contributed by atoms with Gasteiger partial charge in [-0.05, 0) is 34.0 Å². The van der Waals surface area contributed by atoms with Crippen LogP contribution < -0.4 is 26.9 Å². The summed E-state index contributed by atoms with van der Waals surface area (Å²) in [4.78, 5) is 54.6. The molecule has 0 aromatic carbocycles. The topological polar surface area (TPSA) is 147 Å². The number of nitrogens with one attached hydrogen (secondary N) is 4. The van der Waals surface area contributed by atoms with Gasteiger partial charge in [0, 0.05) is 11.6 Å². The predicted molar refractivity (Wildman–Crippen MR) is 107 cm³/mol. The largest absolute Gasteiger partial charge is 0.417 e. The second-order valence-corrected chi connectivity index (χ2v) is 5.13.